The van der Waals surface area contributed by atoms with Crippen molar-refractivity contribution in [2.45, 2.75) is 45.3 Å². The van der Waals surface area contributed by atoms with Gasteiger partial charge in [0.25, 0.3) is 5.56 Å². The largest absolute Gasteiger partial charge is 0.376 e. The van der Waals surface area contributed by atoms with E-state index in [1.807, 2.05) is 30.3 Å². The Morgan fingerprint density at radius 1 is 1.23 bits per heavy atom. The third-order valence-electron chi connectivity index (χ3n) is 5.53. The van der Waals surface area contributed by atoms with E-state index in [9.17, 15) is 9.59 Å². The molecule has 2 unspecified atom stereocenters. The van der Waals surface area contributed by atoms with Gasteiger partial charge in [0.05, 0.1) is 18.4 Å². The molecule has 4 rings (SSSR count). The van der Waals surface area contributed by atoms with Crippen LogP contribution in [0.3, 0.4) is 0 Å². The Morgan fingerprint density at radius 3 is 2.83 bits per heavy atom. The zero-order valence-electron chi connectivity index (χ0n) is 17.0. The first kappa shape index (κ1) is 20.2. The van der Waals surface area contributed by atoms with Crippen molar-refractivity contribution < 1.29 is 9.53 Å². The number of carbonyl (C=O) groups is 1. The molecule has 30 heavy (non-hydrogen) atoms. The average molecular weight is 410 g/mol. The van der Waals surface area contributed by atoms with Crippen molar-refractivity contribution >= 4 is 17.1 Å². The summed E-state index contributed by atoms with van der Waals surface area (Å²) in [5, 5.41) is 10.8. The van der Waals surface area contributed by atoms with Crippen molar-refractivity contribution in [2.75, 3.05) is 13.2 Å². The highest BCUT2D eigenvalue weighted by molar-refractivity contribution is 5.76. The fourth-order valence-corrected chi connectivity index (χ4v) is 3.84. The van der Waals surface area contributed by atoms with Crippen LogP contribution in [0.25, 0.3) is 16.9 Å². The van der Waals surface area contributed by atoms with Gasteiger partial charge in [0.2, 0.25) is 5.91 Å². The van der Waals surface area contributed by atoms with Gasteiger partial charge in [-0.05, 0) is 30.9 Å². The van der Waals surface area contributed by atoms with Gasteiger partial charge < -0.3 is 10.1 Å². The lowest BCUT2D eigenvalue weighted by Gasteiger charge is -2.28. The van der Waals surface area contributed by atoms with E-state index in [0.29, 0.717) is 24.7 Å². The Balaban J connectivity index is 1.35. The zero-order valence-corrected chi connectivity index (χ0v) is 17.0. The quantitative estimate of drug-likeness (QED) is 0.595. The summed E-state index contributed by atoms with van der Waals surface area (Å²) < 4.78 is 8.65. The van der Waals surface area contributed by atoms with E-state index in [1.165, 1.54) is 34.8 Å². The molecule has 1 N–H and O–H groups in total. The van der Waals surface area contributed by atoms with E-state index in [4.69, 9.17) is 4.74 Å². The second-order valence-electron chi connectivity index (χ2n) is 7.71. The molecule has 1 aliphatic rings. The Hall–Kier alpha value is -3.07. The second-order valence-corrected chi connectivity index (χ2v) is 7.71. The van der Waals surface area contributed by atoms with Crippen LogP contribution >= 0.6 is 0 Å². The number of nitrogens with zero attached hydrogens (tertiary/aromatic N) is 5. The molecule has 2 atom stereocenters. The smallest absolute Gasteiger partial charge is 0.284 e. The maximum Gasteiger partial charge on any atom is 0.284 e. The highest BCUT2D eigenvalue weighted by Gasteiger charge is 2.21. The third kappa shape index (κ3) is 4.40. The predicted molar refractivity (Wildman–Crippen MR) is 111 cm³/mol. The number of hydrogen-bond acceptors (Lipinski definition) is 6. The van der Waals surface area contributed by atoms with Gasteiger partial charge in [-0.1, -0.05) is 43.2 Å². The minimum atomic E-state index is -0.399. The van der Waals surface area contributed by atoms with E-state index >= 15 is 0 Å². The number of para-hydroxylation sites is 1. The number of fused-ring (bicyclic) bond motifs is 1. The first-order valence-corrected chi connectivity index (χ1v) is 10.4. The maximum absolute atomic E-state index is 12.7. The molecule has 1 aliphatic carbocycles. The normalized spacial score (nSPS) is 19.1. The monoisotopic (exact) mass is 410 g/mol. The molecule has 0 bridgehead atoms. The molecule has 1 aromatic carbocycles. The molecule has 0 saturated heterocycles. The molecule has 9 nitrogen and oxygen atoms in total. The van der Waals surface area contributed by atoms with Gasteiger partial charge >= 0.3 is 0 Å². The van der Waals surface area contributed by atoms with Gasteiger partial charge in [0.1, 0.15) is 12.9 Å². The molecular formula is C21H26N6O3. The van der Waals surface area contributed by atoms with E-state index in [0.717, 1.165) is 12.1 Å². The molecule has 2 heterocycles. The van der Waals surface area contributed by atoms with Crippen LogP contribution in [0.2, 0.25) is 0 Å². The molecule has 2 aromatic heterocycles. The van der Waals surface area contributed by atoms with Crippen LogP contribution < -0.4 is 10.9 Å². The van der Waals surface area contributed by atoms with E-state index in [-0.39, 0.29) is 24.1 Å². The second kappa shape index (κ2) is 9.17. The maximum atomic E-state index is 12.7. The highest BCUT2D eigenvalue weighted by atomic mass is 16.5. The first-order chi connectivity index (χ1) is 14.6. The minimum Gasteiger partial charge on any atom is -0.376 e. The van der Waals surface area contributed by atoms with E-state index in [2.05, 4.69) is 27.5 Å². The van der Waals surface area contributed by atoms with Crippen LogP contribution in [0.15, 0.2) is 41.5 Å². The number of benzene rings is 1. The lowest BCUT2D eigenvalue weighted by molar-refractivity contribution is -0.122. The highest BCUT2D eigenvalue weighted by Crippen LogP contribution is 2.25. The predicted octanol–water partition coefficient (Wildman–Crippen LogP) is 1.69. The van der Waals surface area contributed by atoms with Crippen LogP contribution in [0.1, 0.15) is 32.6 Å². The van der Waals surface area contributed by atoms with Crippen LogP contribution in [0, 0.1) is 5.92 Å². The fourth-order valence-electron chi connectivity index (χ4n) is 3.84. The molecule has 0 aliphatic heterocycles. The molecule has 1 amide bonds. The lowest BCUT2D eigenvalue weighted by Crippen LogP contribution is -2.35. The number of ether oxygens (including phenoxy) is 1. The van der Waals surface area contributed by atoms with E-state index < -0.39 is 5.56 Å². The van der Waals surface area contributed by atoms with Crippen LogP contribution in [0.5, 0.6) is 0 Å². The summed E-state index contributed by atoms with van der Waals surface area (Å²) in [6.45, 7) is 2.97. The van der Waals surface area contributed by atoms with Crippen molar-refractivity contribution in [1.82, 2.24) is 29.9 Å². The molecule has 1 fully saturated rings. The van der Waals surface area contributed by atoms with Gasteiger partial charge in [-0.2, -0.15) is 4.68 Å². The summed E-state index contributed by atoms with van der Waals surface area (Å²) in [4.78, 5) is 29.2. The summed E-state index contributed by atoms with van der Waals surface area (Å²) >= 11 is 0. The molecule has 1 saturated carbocycles. The van der Waals surface area contributed by atoms with E-state index in [1.54, 1.807) is 0 Å². The van der Waals surface area contributed by atoms with Crippen LogP contribution in [-0.4, -0.2) is 49.7 Å². The standard InChI is InChI=1S/C21H26N6O3/c1-15-7-5-6-10-17(15)30-12-11-22-18(28)13-26-14-23-20-19(21(26)29)24-25-27(20)16-8-3-2-4-9-16/h2-4,8-9,14-15,17H,5-7,10-13H2,1H3,(H,22,28). The molecule has 0 spiro atoms. The Bertz CT molecular complexity index is 1060. The van der Waals surface area contributed by atoms with Crippen LogP contribution in [0.4, 0.5) is 0 Å². The first-order valence-electron chi connectivity index (χ1n) is 10.4. The Labute approximate surface area is 174 Å². The Kier molecular flexibility index (Phi) is 6.18. The number of amides is 1. The number of carbonyl (C=O) groups excluding carboxylic acids is 1. The summed E-state index contributed by atoms with van der Waals surface area (Å²) in [5.41, 5.74) is 0.848. The number of hydrogen-bond donors (Lipinski definition) is 1. The summed E-state index contributed by atoms with van der Waals surface area (Å²) in [7, 11) is 0. The number of aromatic nitrogens is 5. The zero-order chi connectivity index (χ0) is 20.9. The van der Waals surface area contributed by atoms with Crippen molar-refractivity contribution in [3.8, 4) is 5.69 Å². The number of nitrogens with one attached hydrogen (secondary N) is 1. The minimum absolute atomic E-state index is 0.125. The van der Waals surface area contributed by atoms with Gasteiger partial charge in [0.15, 0.2) is 11.2 Å². The SMILES string of the molecule is CC1CCCCC1OCCNC(=O)Cn1cnc2c(nnn2-c2ccccc2)c1=O. The van der Waals surface area contributed by atoms with Gasteiger partial charge in [-0.3, -0.25) is 14.2 Å². The topological polar surface area (TPSA) is 104 Å². The molecule has 9 heteroatoms. The van der Waals surface area contributed by atoms with Crippen LogP contribution in [-0.2, 0) is 16.1 Å². The van der Waals surface area contributed by atoms with Crippen molar-refractivity contribution in [3.63, 3.8) is 0 Å². The van der Waals surface area contributed by atoms with Crippen molar-refractivity contribution in [2.24, 2.45) is 5.92 Å². The van der Waals surface area contributed by atoms with Crippen molar-refractivity contribution in [3.05, 3.63) is 47.0 Å². The van der Waals surface area contributed by atoms with Gasteiger partial charge in [0, 0.05) is 6.54 Å². The summed E-state index contributed by atoms with van der Waals surface area (Å²) in [6, 6.07) is 9.33. The number of rotatable bonds is 7. The molecule has 0 radical (unpaired) electrons. The lowest BCUT2D eigenvalue weighted by atomic mass is 9.88. The summed E-state index contributed by atoms with van der Waals surface area (Å²) in [6.07, 6.45) is 6.38. The van der Waals surface area contributed by atoms with Gasteiger partial charge in [-0.15, -0.1) is 5.10 Å². The Morgan fingerprint density at radius 2 is 2.03 bits per heavy atom. The van der Waals surface area contributed by atoms with Gasteiger partial charge in [-0.25, -0.2) is 4.98 Å². The summed E-state index contributed by atoms with van der Waals surface area (Å²) in [5.74, 6) is 0.295. The third-order valence-corrected chi connectivity index (χ3v) is 5.53. The molecular weight excluding hydrogens is 384 g/mol. The fraction of sp³-hybridized carbons (Fsp3) is 0.476. The molecule has 158 valence electrons. The average Bonchev–Trinajstić information content (AvgIpc) is 3.20. The molecule has 3 aromatic rings. The van der Waals surface area contributed by atoms with Crippen molar-refractivity contribution in [1.29, 1.82) is 0 Å².